The predicted octanol–water partition coefficient (Wildman–Crippen LogP) is 2.66. The molecule has 21 heavy (non-hydrogen) atoms. The van der Waals surface area contributed by atoms with Crippen LogP contribution in [0.4, 0.5) is 4.39 Å². The Kier molecular flexibility index (Phi) is 3.77. The molecular formula is C14H16FN3O2S. The third-order valence-electron chi connectivity index (χ3n) is 3.91. The second-order valence-electron chi connectivity index (χ2n) is 5.24. The Hall–Kier alpha value is -1.73. The van der Waals surface area contributed by atoms with Gasteiger partial charge in [-0.05, 0) is 43.6 Å². The van der Waals surface area contributed by atoms with Crippen LogP contribution in [0, 0.1) is 10.6 Å². The van der Waals surface area contributed by atoms with E-state index in [0.717, 1.165) is 19.3 Å². The standard InChI is InChI=1S/C14H16FN3O2S/c1-20-11-4-2-3-9(11)16-13(19)8-5-7(15)6-10-12(8)18-14(21)17-10/h5-6,9,11H,2-4H2,1H3,(H,16,19)(H2,17,18,21)/t9-,11+/m0/s1. The minimum absolute atomic E-state index is 0.0164. The van der Waals surface area contributed by atoms with Crippen molar-refractivity contribution in [2.45, 2.75) is 31.4 Å². The molecule has 1 heterocycles. The van der Waals surface area contributed by atoms with Gasteiger partial charge in [-0.3, -0.25) is 4.79 Å². The summed E-state index contributed by atoms with van der Waals surface area (Å²) in [5.74, 6) is -0.800. The molecule has 0 radical (unpaired) electrons. The quantitative estimate of drug-likeness (QED) is 0.763. The summed E-state index contributed by atoms with van der Waals surface area (Å²) in [6, 6.07) is 2.49. The van der Waals surface area contributed by atoms with Crippen molar-refractivity contribution in [1.29, 1.82) is 0 Å². The first-order valence-electron chi connectivity index (χ1n) is 6.83. The molecule has 2 aromatic rings. The molecule has 1 amide bonds. The van der Waals surface area contributed by atoms with Gasteiger partial charge in [-0.1, -0.05) is 0 Å². The van der Waals surface area contributed by atoms with Crippen LogP contribution < -0.4 is 5.32 Å². The van der Waals surface area contributed by atoms with Gasteiger partial charge in [0.25, 0.3) is 5.91 Å². The zero-order valence-corrected chi connectivity index (χ0v) is 12.3. The SMILES string of the molecule is CO[C@@H]1CCC[C@@H]1NC(=O)c1cc(F)cc2[nH]c(=S)[nH]c12. The lowest BCUT2D eigenvalue weighted by atomic mass is 10.1. The molecule has 1 aromatic heterocycles. The highest BCUT2D eigenvalue weighted by Gasteiger charge is 2.29. The van der Waals surface area contributed by atoms with E-state index < -0.39 is 5.82 Å². The zero-order chi connectivity index (χ0) is 15.0. The summed E-state index contributed by atoms with van der Waals surface area (Å²) >= 11 is 5.00. The Bertz CT molecular complexity index is 739. The first-order chi connectivity index (χ1) is 10.1. The van der Waals surface area contributed by atoms with Crippen molar-refractivity contribution in [2.75, 3.05) is 7.11 Å². The number of ether oxygens (including phenoxy) is 1. The van der Waals surface area contributed by atoms with Crippen LogP contribution in [0.25, 0.3) is 11.0 Å². The lowest BCUT2D eigenvalue weighted by Crippen LogP contribution is -2.40. The molecule has 0 unspecified atom stereocenters. The molecule has 1 aliphatic rings. The van der Waals surface area contributed by atoms with Gasteiger partial charge in [0.15, 0.2) is 4.77 Å². The first kappa shape index (κ1) is 14.2. The molecule has 0 saturated heterocycles. The summed E-state index contributed by atoms with van der Waals surface area (Å²) in [7, 11) is 1.64. The summed E-state index contributed by atoms with van der Waals surface area (Å²) in [5.41, 5.74) is 1.25. The lowest BCUT2D eigenvalue weighted by Gasteiger charge is -2.19. The molecule has 5 nitrogen and oxygen atoms in total. The van der Waals surface area contributed by atoms with Crippen LogP contribution >= 0.6 is 12.2 Å². The largest absolute Gasteiger partial charge is 0.379 e. The molecule has 1 aliphatic carbocycles. The number of H-pyrrole nitrogens is 2. The molecule has 1 aromatic carbocycles. The minimum atomic E-state index is -0.479. The highest BCUT2D eigenvalue weighted by atomic mass is 32.1. The Morgan fingerprint density at radius 1 is 1.43 bits per heavy atom. The van der Waals surface area contributed by atoms with E-state index in [1.54, 1.807) is 7.11 Å². The van der Waals surface area contributed by atoms with E-state index in [0.29, 0.717) is 15.8 Å². The van der Waals surface area contributed by atoms with Gasteiger partial charge in [0.1, 0.15) is 5.82 Å². The van der Waals surface area contributed by atoms with Crippen molar-refractivity contribution in [2.24, 2.45) is 0 Å². The molecule has 2 atom stereocenters. The van der Waals surface area contributed by atoms with Crippen LogP contribution in [-0.4, -0.2) is 35.1 Å². The molecule has 0 bridgehead atoms. The number of fused-ring (bicyclic) bond motifs is 1. The number of hydrogen-bond donors (Lipinski definition) is 3. The normalized spacial score (nSPS) is 21.8. The van der Waals surface area contributed by atoms with Gasteiger partial charge in [0, 0.05) is 7.11 Å². The minimum Gasteiger partial charge on any atom is -0.379 e. The average molecular weight is 309 g/mol. The van der Waals surface area contributed by atoms with Crippen molar-refractivity contribution >= 4 is 29.2 Å². The first-order valence-corrected chi connectivity index (χ1v) is 7.24. The van der Waals surface area contributed by atoms with Crippen LogP contribution in [0.3, 0.4) is 0 Å². The van der Waals surface area contributed by atoms with Crippen molar-refractivity contribution in [3.63, 3.8) is 0 Å². The Morgan fingerprint density at radius 3 is 3.00 bits per heavy atom. The number of halogens is 1. The Balaban J connectivity index is 1.92. The fourth-order valence-electron chi connectivity index (χ4n) is 2.91. The highest BCUT2D eigenvalue weighted by molar-refractivity contribution is 7.71. The van der Waals surface area contributed by atoms with E-state index in [1.807, 2.05) is 0 Å². The second kappa shape index (κ2) is 5.57. The fourth-order valence-corrected chi connectivity index (χ4v) is 3.12. The topological polar surface area (TPSA) is 69.9 Å². The number of aromatic amines is 2. The Labute approximate surface area is 125 Å². The van der Waals surface area contributed by atoms with E-state index >= 15 is 0 Å². The van der Waals surface area contributed by atoms with Crippen LogP contribution in [-0.2, 0) is 4.74 Å². The van der Waals surface area contributed by atoms with E-state index in [2.05, 4.69) is 15.3 Å². The molecular weight excluding hydrogens is 293 g/mol. The summed E-state index contributed by atoms with van der Waals surface area (Å²) in [4.78, 5) is 18.1. The summed E-state index contributed by atoms with van der Waals surface area (Å²) in [6.07, 6.45) is 2.82. The molecule has 3 N–H and O–H groups in total. The number of carbonyl (C=O) groups excluding carboxylic acids is 1. The molecule has 3 rings (SSSR count). The highest BCUT2D eigenvalue weighted by Crippen LogP contribution is 2.23. The van der Waals surface area contributed by atoms with Crippen LogP contribution in [0.1, 0.15) is 29.6 Å². The second-order valence-corrected chi connectivity index (χ2v) is 5.65. The number of benzene rings is 1. The maximum absolute atomic E-state index is 13.7. The Morgan fingerprint density at radius 2 is 2.24 bits per heavy atom. The number of carbonyl (C=O) groups is 1. The van der Waals surface area contributed by atoms with Gasteiger partial charge in [0.2, 0.25) is 0 Å². The monoisotopic (exact) mass is 309 g/mol. The number of aromatic nitrogens is 2. The molecule has 1 fully saturated rings. The van der Waals surface area contributed by atoms with Crippen molar-refractivity contribution in [3.8, 4) is 0 Å². The molecule has 0 aliphatic heterocycles. The number of amides is 1. The smallest absolute Gasteiger partial charge is 0.253 e. The van der Waals surface area contributed by atoms with Gasteiger partial charge < -0.3 is 20.0 Å². The molecule has 7 heteroatoms. The average Bonchev–Trinajstić information content (AvgIpc) is 3.02. The summed E-state index contributed by atoms with van der Waals surface area (Å²) in [6.45, 7) is 0. The lowest BCUT2D eigenvalue weighted by molar-refractivity contribution is 0.0723. The third kappa shape index (κ3) is 2.71. The zero-order valence-electron chi connectivity index (χ0n) is 11.5. The van der Waals surface area contributed by atoms with Gasteiger partial charge in [0.05, 0.1) is 28.7 Å². The van der Waals surface area contributed by atoms with Crippen LogP contribution in [0.5, 0.6) is 0 Å². The van der Waals surface area contributed by atoms with Gasteiger partial charge in [-0.25, -0.2) is 4.39 Å². The number of methoxy groups -OCH3 is 1. The van der Waals surface area contributed by atoms with Crippen LogP contribution in [0.2, 0.25) is 0 Å². The predicted molar refractivity (Wildman–Crippen MR) is 79.3 cm³/mol. The number of rotatable bonds is 3. The van der Waals surface area contributed by atoms with E-state index in [-0.39, 0.29) is 23.6 Å². The van der Waals surface area contributed by atoms with Crippen molar-refractivity contribution < 1.29 is 13.9 Å². The van der Waals surface area contributed by atoms with Crippen molar-refractivity contribution in [3.05, 3.63) is 28.3 Å². The number of imidazole rings is 1. The van der Waals surface area contributed by atoms with E-state index in [1.165, 1.54) is 12.1 Å². The number of nitrogens with one attached hydrogen (secondary N) is 3. The van der Waals surface area contributed by atoms with Gasteiger partial charge >= 0.3 is 0 Å². The third-order valence-corrected chi connectivity index (χ3v) is 4.11. The molecule has 112 valence electrons. The van der Waals surface area contributed by atoms with Gasteiger partial charge in [-0.2, -0.15) is 0 Å². The summed E-state index contributed by atoms with van der Waals surface area (Å²) < 4.78 is 19.4. The molecule has 1 saturated carbocycles. The van der Waals surface area contributed by atoms with E-state index in [9.17, 15) is 9.18 Å². The van der Waals surface area contributed by atoms with Gasteiger partial charge in [-0.15, -0.1) is 0 Å². The maximum Gasteiger partial charge on any atom is 0.253 e. The summed E-state index contributed by atoms with van der Waals surface area (Å²) in [5, 5.41) is 2.93. The fraction of sp³-hybridized carbons (Fsp3) is 0.429. The van der Waals surface area contributed by atoms with Crippen LogP contribution in [0.15, 0.2) is 12.1 Å². The molecule has 0 spiro atoms. The maximum atomic E-state index is 13.7. The van der Waals surface area contributed by atoms with E-state index in [4.69, 9.17) is 17.0 Å². The number of hydrogen-bond acceptors (Lipinski definition) is 3. The van der Waals surface area contributed by atoms with Crippen molar-refractivity contribution in [1.82, 2.24) is 15.3 Å².